The molecule has 0 N–H and O–H groups in total. The molecule has 0 aromatic heterocycles. The summed E-state index contributed by atoms with van der Waals surface area (Å²) < 4.78 is 0. The van der Waals surface area contributed by atoms with Gasteiger partial charge in [-0.25, -0.2) is 5.92 Å². The summed E-state index contributed by atoms with van der Waals surface area (Å²) in [5.41, 5.74) is 0. The van der Waals surface area contributed by atoms with Crippen molar-refractivity contribution in [3.05, 3.63) is 5.92 Å². The van der Waals surface area contributed by atoms with Gasteiger partial charge in [-0.05, 0) is 0 Å². The molecule has 0 heterocycles. The zero-order valence-electron chi connectivity index (χ0n) is 4.65. The zero-order chi connectivity index (χ0) is 4.43. The number of fused-ring (bicyclic) bond motifs is 2. The maximum absolute atomic E-state index is 1.96. The first-order chi connectivity index (χ1) is 3.48. The van der Waals surface area contributed by atoms with Crippen LogP contribution in [0.1, 0.15) is 19.3 Å². The molecule has 2 atom stereocenters. The van der Waals surface area contributed by atoms with E-state index in [1.54, 1.807) is 12.8 Å². The van der Waals surface area contributed by atoms with E-state index in [0.29, 0.717) is 0 Å². The number of hydrogen-bond donors (Lipinski definition) is 0. The fourth-order valence-corrected chi connectivity index (χ4v) is 2.41. The predicted octanol–water partition coefficient (Wildman–Crippen LogP) is 1.62. The smallest absolute Gasteiger partial charge is 0.313 e. The van der Waals surface area contributed by atoms with Gasteiger partial charge in [0.05, 0.1) is 0 Å². The quantitative estimate of drug-likeness (QED) is 0.470. The molecular formula is C7H9Au. The van der Waals surface area contributed by atoms with Crippen LogP contribution < -0.4 is 0 Å². The van der Waals surface area contributed by atoms with Crippen molar-refractivity contribution in [2.45, 2.75) is 19.3 Å². The SMILES string of the molecule is C1CC2[C-]3C(C1)C32.[Au+]. The molecule has 4 saturated carbocycles. The third kappa shape index (κ3) is 0.429. The summed E-state index contributed by atoms with van der Waals surface area (Å²) in [5, 5.41) is 0. The Morgan fingerprint density at radius 1 is 1.12 bits per heavy atom. The molecule has 48 valence electrons. The van der Waals surface area contributed by atoms with E-state index in [-0.39, 0.29) is 22.4 Å². The fraction of sp³-hybridized carbons (Fsp3) is 0.857. The van der Waals surface area contributed by atoms with Gasteiger partial charge in [0, 0.05) is 0 Å². The van der Waals surface area contributed by atoms with Gasteiger partial charge in [0.2, 0.25) is 0 Å². The second kappa shape index (κ2) is 1.42. The summed E-state index contributed by atoms with van der Waals surface area (Å²) in [6.07, 6.45) is 4.64. The molecule has 4 fully saturated rings. The van der Waals surface area contributed by atoms with Crippen molar-refractivity contribution in [2.24, 2.45) is 17.8 Å². The van der Waals surface area contributed by atoms with Crippen molar-refractivity contribution in [3.63, 3.8) is 0 Å². The van der Waals surface area contributed by atoms with Crippen LogP contribution in [-0.4, -0.2) is 0 Å². The average Bonchev–Trinajstić information content (AvgIpc) is 2.53. The molecule has 0 saturated heterocycles. The van der Waals surface area contributed by atoms with E-state index in [1.807, 2.05) is 5.92 Å². The standard InChI is InChI=1S/C7H9.Au/c1-2-4-6-5(3-1)7(4)6;/h4-6H,1-3H2;/q-1;+1. The van der Waals surface area contributed by atoms with E-state index in [1.165, 1.54) is 24.2 Å². The fourth-order valence-electron chi connectivity index (χ4n) is 2.41. The molecule has 0 aromatic carbocycles. The van der Waals surface area contributed by atoms with Crippen LogP contribution in [0.5, 0.6) is 0 Å². The Morgan fingerprint density at radius 3 is 1.88 bits per heavy atom. The summed E-state index contributed by atoms with van der Waals surface area (Å²) >= 11 is 0. The zero-order valence-corrected chi connectivity index (χ0v) is 6.82. The van der Waals surface area contributed by atoms with Gasteiger partial charge < -0.3 is 5.92 Å². The summed E-state index contributed by atoms with van der Waals surface area (Å²) in [7, 11) is 0. The van der Waals surface area contributed by atoms with Crippen LogP contribution in [-0.2, 0) is 22.4 Å². The molecule has 4 aliphatic rings. The van der Waals surface area contributed by atoms with E-state index in [9.17, 15) is 0 Å². The molecule has 0 aromatic rings. The van der Waals surface area contributed by atoms with E-state index in [0.717, 1.165) is 0 Å². The van der Waals surface area contributed by atoms with E-state index in [2.05, 4.69) is 0 Å². The summed E-state index contributed by atoms with van der Waals surface area (Å²) in [5.74, 6) is 5.53. The Bertz CT molecular complexity index is 87.6. The Labute approximate surface area is 65.5 Å². The molecule has 0 radical (unpaired) electrons. The minimum atomic E-state index is 0. The van der Waals surface area contributed by atoms with Crippen molar-refractivity contribution in [1.29, 1.82) is 0 Å². The van der Waals surface area contributed by atoms with Gasteiger partial charge in [-0.3, -0.25) is 0 Å². The van der Waals surface area contributed by atoms with Crippen LogP contribution >= 0.6 is 0 Å². The average molecular weight is 290 g/mol. The molecule has 1 heteroatoms. The Hall–Kier alpha value is 0.740. The largest absolute Gasteiger partial charge is 1.00 e. The predicted molar refractivity (Wildman–Crippen MR) is 27.6 cm³/mol. The molecule has 8 heavy (non-hydrogen) atoms. The first-order valence-corrected chi connectivity index (χ1v) is 3.35. The molecule has 0 nitrogen and oxygen atoms in total. The summed E-state index contributed by atoms with van der Waals surface area (Å²) in [6, 6.07) is 0. The monoisotopic (exact) mass is 290 g/mol. The first kappa shape index (κ1) is 5.52. The molecule has 0 amide bonds. The maximum Gasteiger partial charge on any atom is 1.00 e. The summed E-state index contributed by atoms with van der Waals surface area (Å²) in [6.45, 7) is 0. The molecule has 0 aliphatic heterocycles. The minimum absolute atomic E-state index is 0. The van der Waals surface area contributed by atoms with Gasteiger partial charge in [0.1, 0.15) is 0 Å². The maximum atomic E-state index is 1.96. The molecule has 0 spiro atoms. The number of hydrogen-bond acceptors (Lipinski definition) is 0. The van der Waals surface area contributed by atoms with E-state index < -0.39 is 0 Å². The van der Waals surface area contributed by atoms with Crippen LogP contribution in [0.3, 0.4) is 0 Å². The van der Waals surface area contributed by atoms with Gasteiger partial charge in [0.15, 0.2) is 0 Å². The molecular weight excluding hydrogens is 281 g/mol. The normalized spacial score (nSPS) is 56.2. The van der Waals surface area contributed by atoms with Crippen LogP contribution in [0.25, 0.3) is 0 Å². The molecule has 4 aliphatic carbocycles. The van der Waals surface area contributed by atoms with Crippen molar-refractivity contribution in [2.75, 3.05) is 0 Å². The number of rotatable bonds is 0. The van der Waals surface area contributed by atoms with E-state index >= 15 is 0 Å². The third-order valence-electron chi connectivity index (χ3n) is 2.92. The van der Waals surface area contributed by atoms with Gasteiger partial charge in [-0.15, -0.1) is 0 Å². The van der Waals surface area contributed by atoms with Crippen molar-refractivity contribution in [1.82, 2.24) is 0 Å². The van der Waals surface area contributed by atoms with Crippen molar-refractivity contribution in [3.8, 4) is 0 Å². The molecule has 4 rings (SSSR count). The minimum Gasteiger partial charge on any atom is -0.313 e. The van der Waals surface area contributed by atoms with Crippen LogP contribution in [0.2, 0.25) is 0 Å². The Balaban J connectivity index is 0.000000270. The Morgan fingerprint density at radius 2 is 1.62 bits per heavy atom. The Kier molecular flexibility index (Phi) is 0.979. The molecule has 2 unspecified atom stereocenters. The third-order valence-corrected chi connectivity index (χ3v) is 2.92. The topological polar surface area (TPSA) is 0 Å². The summed E-state index contributed by atoms with van der Waals surface area (Å²) in [4.78, 5) is 0. The van der Waals surface area contributed by atoms with Crippen LogP contribution in [0, 0.1) is 23.7 Å². The van der Waals surface area contributed by atoms with Gasteiger partial charge >= 0.3 is 22.4 Å². The molecule has 2 bridgehead atoms. The second-order valence-electron chi connectivity index (χ2n) is 3.17. The van der Waals surface area contributed by atoms with Gasteiger partial charge in [0.25, 0.3) is 0 Å². The van der Waals surface area contributed by atoms with Crippen LogP contribution in [0.4, 0.5) is 0 Å². The second-order valence-corrected chi connectivity index (χ2v) is 3.17. The van der Waals surface area contributed by atoms with Crippen molar-refractivity contribution >= 4 is 0 Å². The van der Waals surface area contributed by atoms with Crippen LogP contribution in [0.15, 0.2) is 0 Å². The van der Waals surface area contributed by atoms with Gasteiger partial charge in [-0.2, -0.15) is 11.8 Å². The van der Waals surface area contributed by atoms with E-state index in [4.69, 9.17) is 0 Å². The first-order valence-electron chi connectivity index (χ1n) is 3.35. The van der Waals surface area contributed by atoms with Gasteiger partial charge in [-0.1, -0.05) is 19.3 Å². The van der Waals surface area contributed by atoms with Crippen molar-refractivity contribution < 1.29 is 22.4 Å².